The Hall–Kier alpha value is -0.800. The summed E-state index contributed by atoms with van der Waals surface area (Å²) in [7, 11) is 0. The molecular weight excluding hydrogens is 220 g/mol. The van der Waals surface area contributed by atoms with Crippen LogP contribution in [-0.4, -0.2) is 16.1 Å². The second kappa shape index (κ2) is 5.51. The number of carbonyl (C=O) groups excluding carboxylic acids is 1. The van der Waals surface area contributed by atoms with Crippen molar-refractivity contribution in [1.29, 1.82) is 0 Å². The van der Waals surface area contributed by atoms with Crippen molar-refractivity contribution in [2.75, 3.05) is 0 Å². The summed E-state index contributed by atoms with van der Waals surface area (Å²) in [5.41, 5.74) is 0.910. The van der Waals surface area contributed by atoms with Crippen LogP contribution < -0.4 is 0 Å². The number of benzene rings is 1. The quantitative estimate of drug-likeness (QED) is 0.877. The molecule has 0 heterocycles. The van der Waals surface area contributed by atoms with Crippen LogP contribution in [0.15, 0.2) is 29.2 Å². The molecule has 1 atom stereocenters. The summed E-state index contributed by atoms with van der Waals surface area (Å²) in [5, 5.41) is 9.17. The van der Waals surface area contributed by atoms with Crippen LogP contribution in [0.5, 0.6) is 0 Å². The number of ketones is 1. The van der Waals surface area contributed by atoms with Gasteiger partial charge in [0, 0.05) is 11.3 Å². The van der Waals surface area contributed by atoms with Gasteiger partial charge in [0.15, 0.2) is 0 Å². The summed E-state index contributed by atoms with van der Waals surface area (Å²) in [6, 6.07) is 7.80. The first-order valence-electron chi connectivity index (χ1n) is 5.69. The third-order valence-corrected chi connectivity index (χ3v) is 4.17. The molecule has 1 aromatic carbocycles. The van der Waals surface area contributed by atoms with Crippen molar-refractivity contribution < 1.29 is 9.90 Å². The summed E-state index contributed by atoms with van der Waals surface area (Å²) in [6.07, 6.45) is 3.93. The fourth-order valence-corrected chi connectivity index (χ4v) is 3.20. The highest BCUT2D eigenvalue weighted by Gasteiger charge is 2.22. The van der Waals surface area contributed by atoms with Crippen molar-refractivity contribution in [2.45, 2.75) is 42.4 Å². The number of rotatable bonds is 3. The molecule has 0 bridgehead atoms. The van der Waals surface area contributed by atoms with Gasteiger partial charge in [0.2, 0.25) is 0 Å². The van der Waals surface area contributed by atoms with Crippen molar-refractivity contribution in [1.82, 2.24) is 0 Å². The molecule has 0 aromatic heterocycles. The lowest BCUT2D eigenvalue weighted by Crippen LogP contribution is -2.21. The van der Waals surface area contributed by atoms with Crippen molar-refractivity contribution in [3.05, 3.63) is 29.8 Å². The number of hydrogen-bond acceptors (Lipinski definition) is 3. The van der Waals surface area contributed by atoms with Crippen LogP contribution in [0.4, 0.5) is 0 Å². The molecule has 1 saturated carbocycles. The molecule has 16 heavy (non-hydrogen) atoms. The largest absolute Gasteiger partial charge is 0.392 e. The first-order chi connectivity index (χ1) is 7.79. The number of aliphatic hydroxyl groups excluding tert-OH is 1. The standard InChI is InChI=1S/C13H16O2S/c14-9-10-4-3-5-11(8-10)16-13-7-2-1-6-12(13)15/h3-5,8,13-14H,1-2,6-7,9H2. The second-order valence-electron chi connectivity index (χ2n) is 4.12. The van der Waals surface area contributed by atoms with Crippen LogP contribution in [-0.2, 0) is 11.4 Å². The molecule has 1 aliphatic rings. The van der Waals surface area contributed by atoms with Crippen molar-refractivity contribution in [2.24, 2.45) is 0 Å². The SMILES string of the molecule is O=C1CCCCC1Sc1cccc(CO)c1. The van der Waals surface area contributed by atoms with Gasteiger partial charge >= 0.3 is 0 Å². The van der Waals surface area contributed by atoms with Gasteiger partial charge in [0.1, 0.15) is 5.78 Å². The predicted molar refractivity (Wildman–Crippen MR) is 65.5 cm³/mol. The number of Topliss-reactive ketones (excluding diaryl/α,β-unsaturated/α-hetero) is 1. The summed E-state index contributed by atoms with van der Waals surface area (Å²) < 4.78 is 0. The maximum atomic E-state index is 11.7. The van der Waals surface area contributed by atoms with E-state index in [0.717, 1.165) is 36.1 Å². The lowest BCUT2D eigenvalue weighted by Gasteiger charge is -2.19. The van der Waals surface area contributed by atoms with Crippen molar-refractivity contribution in [3.8, 4) is 0 Å². The molecule has 0 spiro atoms. The number of thioether (sulfide) groups is 1. The highest BCUT2D eigenvalue weighted by molar-refractivity contribution is 8.00. The van der Waals surface area contributed by atoms with E-state index in [0.29, 0.717) is 5.78 Å². The molecule has 2 rings (SSSR count). The fraction of sp³-hybridized carbons (Fsp3) is 0.462. The van der Waals surface area contributed by atoms with E-state index in [1.165, 1.54) is 0 Å². The van der Waals surface area contributed by atoms with E-state index in [4.69, 9.17) is 5.11 Å². The smallest absolute Gasteiger partial charge is 0.146 e. The monoisotopic (exact) mass is 236 g/mol. The van der Waals surface area contributed by atoms with Gasteiger partial charge < -0.3 is 5.11 Å². The molecule has 1 N–H and O–H groups in total. The minimum absolute atomic E-state index is 0.0625. The van der Waals surface area contributed by atoms with E-state index in [1.54, 1.807) is 11.8 Å². The molecule has 1 aliphatic carbocycles. The van der Waals surface area contributed by atoms with Crippen molar-refractivity contribution >= 4 is 17.5 Å². The number of aliphatic hydroxyl groups is 1. The molecular formula is C13H16O2S. The zero-order valence-corrected chi connectivity index (χ0v) is 10.0. The third kappa shape index (κ3) is 2.86. The molecule has 1 aromatic rings. The average Bonchev–Trinajstić information content (AvgIpc) is 2.32. The van der Waals surface area contributed by atoms with Gasteiger partial charge in [0.25, 0.3) is 0 Å². The molecule has 1 unspecified atom stereocenters. The molecule has 86 valence electrons. The highest BCUT2D eigenvalue weighted by Crippen LogP contribution is 2.31. The fourth-order valence-electron chi connectivity index (χ4n) is 1.96. The van der Waals surface area contributed by atoms with Crippen LogP contribution in [0.3, 0.4) is 0 Å². The Balaban J connectivity index is 2.04. The van der Waals surface area contributed by atoms with E-state index in [9.17, 15) is 4.79 Å². The Bertz CT molecular complexity index is 376. The van der Waals surface area contributed by atoms with Gasteiger partial charge in [0.05, 0.1) is 11.9 Å². The lowest BCUT2D eigenvalue weighted by atomic mass is 9.99. The molecule has 2 nitrogen and oxygen atoms in total. The topological polar surface area (TPSA) is 37.3 Å². The van der Waals surface area contributed by atoms with Gasteiger partial charge in [-0.25, -0.2) is 0 Å². The summed E-state index contributed by atoms with van der Waals surface area (Å²) in [6.45, 7) is 0.0625. The molecule has 0 amide bonds. The normalized spacial score (nSPS) is 21.1. The van der Waals surface area contributed by atoms with E-state index >= 15 is 0 Å². The van der Waals surface area contributed by atoms with E-state index in [2.05, 4.69) is 0 Å². The van der Waals surface area contributed by atoms with Gasteiger partial charge in [-0.1, -0.05) is 18.6 Å². The molecule has 0 aliphatic heterocycles. The van der Waals surface area contributed by atoms with Crippen molar-refractivity contribution in [3.63, 3.8) is 0 Å². The highest BCUT2D eigenvalue weighted by atomic mass is 32.2. The summed E-state index contributed by atoms with van der Waals surface area (Å²) >= 11 is 1.64. The third-order valence-electron chi connectivity index (χ3n) is 2.86. The predicted octanol–water partition coefficient (Wildman–Crippen LogP) is 2.78. The van der Waals surface area contributed by atoms with E-state index in [1.807, 2.05) is 24.3 Å². The zero-order chi connectivity index (χ0) is 11.4. The van der Waals surface area contributed by atoms with Crippen LogP contribution >= 0.6 is 11.8 Å². The summed E-state index contributed by atoms with van der Waals surface area (Å²) in [4.78, 5) is 12.8. The van der Waals surface area contributed by atoms with Crippen LogP contribution in [0, 0.1) is 0 Å². The average molecular weight is 236 g/mol. The van der Waals surface area contributed by atoms with Crippen LogP contribution in [0.25, 0.3) is 0 Å². The minimum Gasteiger partial charge on any atom is -0.392 e. The Morgan fingerprint density at radius 3 is 3.00 bits per heavy atom. The zero-order valence-electron chi connectivity index (χ0n) is 9.19. The van der Waals surface area contributed by atoms with Gasteiger partial charge in [-0.2, -0.15) is 0 Å². The second-order valence-corrected chi connectivity index (χ2v) is 5.40. The van der Waals surface area contributed by atoms with Gasteiger partial charge in [-0.15, -0.1) is 11.8 Å². The maximum Gasteiger partial charge on any atom is 0.146 e. The molecule has 0 radical (unpaired) electrons. The lowest BCUT2D eigenvalue weighted by molar-refractivity contribution is -0.119. The maximum absolute atomic E-state index is 11.7. The van der Waals surface area contributed by atoms with E-state index < -0.39 is 0 Å². The number of hydrogen-bond donors (Lipinski definition) is 1. The van der Waals surface area contributed by atoms with Crippen LogP contribution in [0.1, 0.15) is 31.2 Å². The molecule has 1 fully saturated rings. The van der Waals surface area contributed by atoms with E-state index in [-0.39, 0.29) is 11.9 Å². The van der Waals surface area contributed by atoms with Crippen LogP contribution in [0.2, 0.25) is 0 Å². The van der Waals surface area contributed by atoms with Gasteiger partial charge in [-0.3, -0.25) is 4.79 Å². The summed E-state index contributed by atoms with van der Waals surface area (Å²) in [5.74, 6) is 0.380. The van der Waals surface area contributed by atoms with Gasteiger partial charge in [-0.05, 0) is 30.5 Å². The first kappa shape index (κ1) is 11.7. The minimum atomic E-state index is 0.0625. The molecule has 0 saturated heterocycles. The Kier molecular flexibility index (Phi) is 4.02. The Morgan fingerprint density at radius 2 is 2.25 bits per heavy atom. The molecule has 3 heteroatoms. The Morgan fingerprint density at radius 1 is 1.38 bits per heavy atom. The first-order valence-corrected chi connectivity index (χ1v) is 6.57. The Labute approximate surface area is 100 Å². The number of carbonyl (C=O) groups is 1.